The van der Waals surface area contributed by atoms with E-state index in [0.717, 1.165) is 5.69 Å². The van der Waals surface area contributed by atoms with E-state index in [9.17, 15) is 4.79 Å². The molecule has 0 bridgehead atoms. The van der Waals surface area contributed by atoms with Crippen LogP contribution >= 0.6 is 11.6 Å². The number of halogens is 1. The Hall–Kier alpha value is -2.15. The van der Waals surface area contributed by atoms with Crippen LogP contribution in [0.3, 0.4) is 0 Å². The lowest BCUT2D eigenvalue weighted by molar-refractivity contribution is -0.120. The molecule has 17 heavy (non-hydrogen) atoms. The zero-order chi connectivity index (χ0) is 12.3. The molecule has 0 atom stereocenters. The smallest absolute Gasteiger partial charge is 0.299 e. The molecule has 7 nitrogen and oxygen atoms in total. The summed E-state index contributed by atoms with van der Waals surface area (Å²) in [7, 11) is 0. The number of carbonyl (C=O) groups excluding carboxylic acids is 1. The first-order valence-electron chi connectivity index (χ1n) is 4.61. The molecule has 2 aromatic rings. The van der Waals surface area contributed by atoms with Gasteiger partial charge >= 0.3 is 0 Å². The SMILES string of the molecule is Cc1cc(Nc2cc(OC=O)nc(Cl)n2)n[nH]1. The Morgan fingerprint density at radius 1 is 1.41 bits per heavy atom. The zero-order valence-electron chi connectivity index (χ0n) is 8.77. The van der Waals surface area contributed by atoms with E-state index in [1.807, 2.05) is 6.92 Å². The maximum absolute atomic E-state index is 10.2. The number of hydrogen-bond donors (Lipinski definition) is 2. The third-order valence-corrected chi connectivity index (χ3v) is 1.98. The Labute approximate surface area is 101 Å². The molecule has 88 valence electrons. The van der Waals surface area contributed by atoms with Gasteiger partial charge in [-0.2, -0.15) is 10.1 Å². The zero-order valence-corrected chi connectivity index (χ0v) is 9.52. The average molecular weight is 254 g/mol. The third-order valence-electron chi connectivity index (χ3n) is 1.81. The molecule has 2 rings (SSSR count). The first kappa shape index (κ1) is 11.3. The summed E-state index contributed by atoms with van der Waals surface area (Å²) in [6, 6.07) is 3.22. The van der Waals surface area contributed by atoms with Gasteiger partial charge in [-0.05, 0) is 18.5 Å². The Kier molecular flexibility index (Phi) is 3.20. The van der Waals surface area contributed by atoms with Gasteiger partial charge in [-0.3, -0.25) is 9.89 Å². The number of hydrogen-bond acceptors (Lipinski definition) is 6. The summed E-state index contributed by atoms with van der Waals surface area (Å²) in [6.45, 7) is 2.13. The molecule has 0 aliphatic rings. The minimum absolute atomic E-state index is 0.0286. The minimum atomic E-state index is -0.0286. The fourth-order valence-corrected chi connectivity index (χ4v) is 1.36. The summed E-state index contributed by atoms with van der Waals surface area (Å²) in [5.74, 6) is 1.03. The second-order valence-electron chi connectivity index (χ2n) is 3.14. The van der Waals surface area contributed by atoms with Crippen LogP contribution in [0.1, 0.15) is 5.69 Å². The van der Waals surface area contributed by atoms with Crippen molar-refractivity contribution in [2.24, 2.45) is 0 Å². The predicted molar refractivity (Wildman–Crippen MR) is 60.3 cm³/mol. The number of aromatic nitrogens is 4. The van der Waals surface area contributed by atoms with Gasteiger partial charge in [-0.25, -0.2) is 4.98 Å². The normalized spacial score (nSPS) is 10.0. The molecule has 2 N–H and O–H groups in total. The van der Waals surface area contributed by atoms with E-state index in [1.165, 1.54) is 6.07 Å². The molecular formula is C9H8ClN5O2. The second-order valence-corrected chi connectivity index (χ2v) is 3.47. The highest BCUT2D eigenvalue weighted by Gasteiger charge is 2.05. The number of rotatable bonds is 4. The van der Waals surface area contributed by atoms with Crippen LogP contribution < -0.4 is 10.1 Å². The maximum Gasteiger partial charge on any atom is 0.299 e. The number of nitrogens with zero attached hydrogens (tertiary/aromatic N) is 3. The highest BCUT2D eigenvalue weighted by atomic mass is 35.5. The van der Waals surface area contributed by atoms with Crippen LogP contribution in [0.25, 0.3) is 0 Å². The van der Waals surface area contributed by atoms with Crippen molar-refractivity contribution in [3.63, 3.8) is 0 Å². The fourth-order valence-electron chi connectivity index (χ4n) is 1.18. The second kappa shape index (κ2) is 4.79. The lowest BCUT2D eigenvalue weighted by Crippen LogP contribution is -1.99. The first-order chi connectivity index (χ1) is 8.17. The van der Waals surface area contributed by atoms with Gasteiger partial charge in [-0.15, -0.1) is 0 Å². The molecule has 0 aromatic carbocycles. The summed E-state index contributed by atoms with van der Waals surface area (Å²) >= 11 is 5.67. The van der Waals surface area contributed by atoms with E-state index < -0.39 is 0 Å². The summed E-state index contributed by atoms with van der Waals surface area (Å²) in [5, 5.41) is 9.60. The maximum atomic E-state index is 10.2. The van der Waals surface area contributed by atoms with Crippen LogP contribution in [0.5, 0.6) is 5.88 Å². The molecular weight excluding hydrogens is 246 g/mol. The molecule has 0 aliphatic carbocycles. The number of anilines is 2. The number of aryl methyl sites for hydroxylation is 1. The van der Waals surface area contributed by atoms with Crippen LogP contribution in [0.2, 0.25) is 5.28 Å². The van der Waals surface area contributed by atoms with Crippen molar-refractivity contribution in [1.82, 2.24) is 20.2 Å². The van der Waals surface area contributed by atoms with E-state index in [2.05, 4.69) is 30.2 Å². The topological polar surface area (TPSA) is 92.8 Å². The van der Waals surface area contributed by atoms with E-state index in [-0.39, 0.29) is 17.6 Å². The molecule has 2 aromatic heterocycles. The number of ether oxygens (including phenoxy) is 1. The van der Waals surface area contributed by atoms with Gasteiger partial charge in [0.25, 0.3) is 6.47 Å². The van der Waals surface area contributed by atoms with E-state index >= 15 is 0 Å². The third kappa shape index (κ3) is 2.91. The van der Waals surface area contributed by atoms with Crippen molar-refractivity contribution in [3.8, 4) is 5.88 Å². The van der Waals surface area contributed by atoms with Crippen LogP contribution in [-0.2, 0) is 4.79 Å². The van der Waals surface area contributed by atoms with Gasteiger partial charge in [-0.1, -0.05) is 0 Å². The largest absolute Gasteiger partial charge is 0.409 e. The van der Waals surface area contributed by atoms with Crippen molar-refractivity contribution in [2.75, 3.05) is 5.32 Å². The van der Waals surface area contributed by atoms with Crippen LogP contribution in [-0.4, -0.2) is 26.6 Å². The fraction of sp³-hybridized carbons (Fsp3) is 0.111. The average Bonchev–Trinajstić information content (AvgIpc) is 2.63. The Morgan fingerprint density at radius 2 is 2.24 bits per heavy atom. The van der Waals surface area contributed by atoms with Crippen molar-refractivity contribution in [2.45, 2.75) is 6.92 Å². The molecule has 0 unspecified atom stereocenters. The highest BCUT2D eigenvalue weighted by Crippen LogP contribution is 2.19. The summed E-state index contributed by atoms with van der Waals surface area (Å²) in [5.41, 5.74) is 0.900. The lowest BCUT2D eigenvalue weighted by Gasteiger charge is -2.03. The van der Waals surface area contributed by atoms with Gasteiger partial charge < -0.3 is 10.1 Å². The summed E-state index contributed by atoms with van der Waals surface area (Å²) < 4.78 is 4.59. The van der Waals surface area contributed by atoms with E-state index in [4.69, 9.17) is 11.6 Å². The number of aromatic amines is 1. The van der Waals surface area contributed by atoms with E-state index in [0.29, 0.717) is 11.6 Å². The molecule has 8 heteroatoms. The monoisotopic (exact) mass is 253 g/mol. The number of nitrogens with one attached hydrogen (secondary N) is 2. The van der Waals surface area contributed by atoms with Crippen molar-refractivity contribution >= 4 is 29.7 Å². The number of carbonyl (C=O) groups is 1. The van der Waals surface area contributed by atoms with Crippen LogP contribution in [0, 0.1) is 6.92 Å². The van der Waals surface area contributed by atoms with Crippen LogP contribution in [0.4, 0.5) is 11.6 Å². The first-order valence-corrected chi connectivity index (χ1v) is 4.99. The van der Waals surface area contributed by atoms with Crippen molar-refractivity contribution in [1.29, 1.82) is 0 Å². The van der Waals surface area contributed by atoms with Gasteiger partial charge in [0.15, 0.2) is 5.82 Å². The summed E-state index contributed by atoms with van der Waals surface area (Å²) in [4.78, 5) is 17.8. The standard InChI is InChI=1S/C9H8ClN5O2/c1-5-2-7(15-14-5)11-6-3-8(17-4-16)13-9(10)12-6/h2-4H,1H3,(H2,11,12,13,14,15). The quantitative estimate of drug-likeness (QED) is 0.633. The van der Waals surface area contributed by atoms with Gasteiger partial charge in [0.2, 0.25) is 11.2 Å². The Morgan fingerprint density at radius 3 is 2.88 bits per heavy atom. The molecule has 0 fully saturated rings. The van der Waals surface area contributed by atoms with Gasteiger partial charge in [0, 0.05) is 17.8 Å². The predicted octanol–water partition coefficient (Wildman–Crippen LogP) is 1.44. The Bertz CT molecular complexity index is 542. The van der Waals surface area contributed by atoms with Crippen molar-refractivity contribution < 1.29 is 9.53 Å². The highest BCUT2D eigenvalue weighted by molar-refractivity contribution is 6.28. The van der Waals surface area contributed by atoms with Crippen molar-refractivity contribution in [3.05, 3.63) is 23.1 Å². The van der Waals surface area contributed by atoms with Gasteiger partial charge in [0.1, 0.15) is 5.82 Å². The summed E-state index contributed by atoms with van der Waals surface area (Å²) in [6.07, 6.45) is 0. The molecule has 0 saturated carbocycles. The van der Waals surface area contributed by atoms with E-state index in [1.54, 1.807) is 6.07 Å². The Balaban J connectivity index is 2.23. The molecule has 2 heterocycles. The van der Waals surface area contributed by atoms with Crippen LogP contribution in [0.15, 0.2) is 12.1 Å². The van der Waals surface area contributed by atoms with Gasteiger partial charge in [0.05, 0.1) is 0 Å². The minimum Gasteiger partial charge on any atom is -0.409 e. The molecule has 0 saturated heterocycles. The molecule has 0 aliphatic heterocycles. The molecule has 0 amide bonds. The molecule has 0 spiro atoms. The number of H-pyrrole nitrogens is 1. The molecule has 0 radical (unpaired) electrons. The lowest BCUT2D eigenvalue weighted by atomic mass is 10.4.